The number of aliphatic hydroxyl groups is 2. The van der Waals surface area contributed by atoms with Gasteiger partial charge in [-0.2, -0.15) is 0 Å². The van der Waals surface area contributed by atoms with Crippen LogP contribution in [0.2, 0.25) is 0 Å². The first-order valence-corrected chi connectivity index (χ1v) is 13.5. The predicted octanol–water partition coefficient (Wildman–Crippen LogP) is 1.48. The second kappa shape index (κ2) is 11.9. The fourth-order valence-corrected chi connectivity index (χ4v) is 4.96. The molecule has 5 unspecified atom stereocenters. The van der Waals surface area contributed by atoms with Crippen molar-refractivity contribution < 1.29 is 53.5 Å². The van der Waals surface area contributed by atoms with Crippen LogP contribution in [-0.4, -0.2) is 87.5 Å². The van der Waals surface area contributed by atoms with Crippen LogP contribution >= 0.6 is 0 Å². The highest BCUT2D eigenvalue weighted by molar-refractivity contribution is 5.90. The van der Waals surface area contributed by atoms with Gasteiger partial charge in [-0.3, -0.25) is 29.3 Å². The average molecular weight is 607 g/mol. The number of aliphatic carboxylic acids is 1. The summed E-state index contributed by atoms with van der Waals surface area (Å²) in [6.45, 7) is -0.263. The number of hydrogen-bond acceptors (Lipinski definition) is 13. The fraction of sp³-hybridized carbons (Fsp3) is 0.267. The lowest BCUT2D eigenvalue weighted by Crippen LogP contribution is -2.62. The van der Waals surface area contributed by atoms with Crippen LogP contribution in [0.5, 0.6) is 11.5 Å². The number of phenols is 1. The van der Waals surface area contributed by atoms with Crippen LogP contribution in [0, 0.1) is 0 Å². The van der Waals surface area contributed by atoms with Crippen molar-refractivity contribution in [2.75, 3.05) is 13.2 Å². The average Bonchev–Trinajstić information content (AvgIpc) is 3.59. The largest absolute Gasteiger partial charge is 0.508 e. The van der Waals surface area contributed by atoms with Gasteiger partial charge in [-0.15, -0.1) is 0 Å². The number of rotatable bonds is 9. The van der Waals surface area contributed by atoms with Crippen LogP contribution in [0.15, 0.2) is 86.5 Å². The van der Waals surface area contributed by atoms with Gasteiger partial charge in [-0.1, -0.05) is 12.1 Å². The number of nitrogens with zero attached hydrogens (tertiary/aromatic N) is 2. The number of carboxylic acids is 1. The minimum Gasteiger partial charge on any atom is -0.508 e. The smallest absolute Gasteiger partial charge is 0.317 e. The zero-order chi connectivity index (χ0) is 31.0. The van der Waals surface area contributed by atoms with Gasteiger partial charge in [0, 0.05) is 17.9 Å². The molecule has 4 N–H and O–H groups in total. The number of phenolic OH excluding ortho intramolecular Hbond substituents is 1. The van der Waals surface area contributed by atoms with E-state index in [-0.39, 0.29) is 33.5 Å². The normalized spacial score (nSPS) is 24.1. The second-order valence-electron chi connectivity index (χ2n) is 10.2. The third-order valence-electron chi connectivity index (χ3n) is 7.19. The van der Waals surface area contributed by atoms with Crippen LogP contribution in [0.3, 0.4) is 0 Å². The molecule has 3 aliphatic rings. The molecule has 14 nitrogen and oxygen atoms in total. The Labute approximate surface area is 248 Å². The molecule has 0 saturated carbocycles. The maximum Gasteiger partial charge on any atom is 0.317 e. The molecule has 1 aromatic heterocycles. The monoisotopic (exact) mass is 606 g/mol. The van der Waals surface area contributed by atoms with Gasteiger partial charge in [0.15, 0.2) is 11.5 Å². The molecule has 1 fully saturated rings. The highest BCUT2D eigenvalue weighted by atomic mass is 16.8. The van der Waals surface area contributed by atoms with Crippen LogP contribution in [0.1, 0.15) is 6.42 Å². The molecule has 4 heterocycles. The SMILES string of the molecule is O=C(O)CC(=O)OCC1OC(Oc2ccc3c(=O)c(-c4ccc(O)cc4)coc3c2)C(ON2C=C3N=CC=C3C2)C(O)C1O. The molecule has 2 aromatic carbocycles. The van der Waals surface area contributed by atoms with Crippen molar-refractivity contribution >= 4 is 29.1 Å². The van der Waals surface area contributed by atoms with Crippen LogP contribution in [0.25, 0.3) is 22.1 Å². The van der Waals surface area contributed by atoms with Crippen LogP contribution < -0.4 is 10.2 Å². The van der Waals surface area contributed by atoms with Crippen molar-refractivity contribution in [3.8, 4) is 22.6 Å². The van der Waals surface area contributed by atoms with Gasteiger partial charge in [0.05, 0.1) is 29.4 Å². The minimum atomic E-state index is -1.60. The van der Waals surface area contributed by atoms with E-state index in [1.165, 1.54) is 41.7 Å². The maximum atomic E-state index is 13.2. The number of hydroxylamine groups is 2. The molecule has 1 saturated heterocycles. The Bertz CT molecular complexity index is 1740. The molecule has 0 amide bonds. The van der Waals surface area contributed by atoms with E-state index in [0.717, 1.165) is 5.57 Å². The summed E-state index contributed by atoms with van der Waals surface area (Å²) in [5.41, 5.74) is 2.27. The summed E-state index contributed by atoms with van der Waals surface area (Å²) < 4.78 is 22.6. The standard InChI is InChI=1S/C30H26N2O12/c33-17-3-1-15(2-4-17)20-13-40-22-9-18(5-6-19(22)26(20)37)42-30-29(44-32-11-16-7-8-31-21(16)12-32)28(39)27(38)23(43-30)14-41-25(36)10-24(34)35/h1-9,12-13,23,27-30,33,38-39H,10-11,14H2,(H,34,35). The number of allylic oxidation sites excluding steroid dienone is 1. The zero-order valence-corrected chi connectivity index (χ0v) is 22.8. The van der Waals surface area contributed by atoms with E-state index >= 15 is 0 Å². The summed E-state index contributed by atoms with van der Waals surface area (Å²) in [6, 6.07) is 10.5. The summed E-state index contributed by atoms with van der Waals surface area (Å²) in [6.07, 6.45) is -1.71. The van der Waals surface area contributed by atoms with Gasteiger partial charge >= 0.3 is 11.9 Å². The molecule has 0 spiro atoms. The van der Waals surface area contributed by atoms with E-state index in [0.29, 0.717) is 17.8 Å². The molecule has 14 heteroatoms. The van der Waals surface area contributed by atoms with Gasteiger partial charge in [0.2, 0.25) is 6.29 Å². The summed E-state index contributed by atoms with van der Waals surface area (Å²) in [7, 11) is 0. The number of aromatic hydroxyl groups is 1. The van der Waals surface area contributed by atoms with E-state index in [1.54, 1.807) is 24.5 Å². The number of carboxylic acid groups (broad SMARTS) is 1. The number of fused-ring (bicyclic) bond motifs is 2. The quantitative estimate of drug-likeness (QED) is 0.202. The first-order valence-electron chi connectivity index (χ1n) is 13.5. The number of esters is 1. The number of benzene rings is 2. The summed E-state index contributed by atoms with van der Waals surface area (Å²) in [4.78, 5) is 46.0. The molecule has 0 bridgehead atoms. The Balaban J connectivity index is 1.25. The minimum absolute atomic E-state index is 0.0565. The lowest BCUT2D eigenvalue weighted by atomic mass is 9.99. The van der Waals surface area contributed by atoms with Crippen LogP contribution in [-0.2, 0) is 23.9 Å². The zero-order valence-electron chi connectivity index (χ0n) is 22.8. The van der Waals surface area contributed by atoms with Crippen molar-refractivity contribution in [3.63, 3.8) is 0 Å². The number of aliphatic imine (C=N–C) groups is 1. The molecule has 3 aliphatic heterocycles. The predicted molar refractivity (Wildman–Crippen MR) is 150 cm³/mol. The number of carbonyl (C=O) groups is 2. The number of carbonyl (C=O) groups excluding carboxylic acids is 1. The highest BCUT2D eigenvalue weighted by Crippen LogP contribution is 2.32. The van der Waals surface area contributed by atoms with Crippen molar-refractivity contribution in [2.24, 2.45) is 4.99 Å². The molecular weight excluding hydrogens is 580 g/mol. The molecule has 3 aromatic rings. The van der Waals surface area contributed by atoms with E-state index < -0.39 is 55.7 Å². The van der Waals surface area contributed by atoms with Crippen molar-refractivity contribution in [3.05, 3.63) is 82.5 Å². The first kappa shape index (κ1) is 29.1. The van der Waals surface area contributed by atoms with E-state index in [9.17, 15) is 29.7 Å². The number of ether oxygens (including phenoxy) is 3. The molecule has 44 heavy (non-hydrogen) atoms. The molecule has 5 atom stereocenters. The van der Waals surface area contributed by atoms with E-state index in [4.69, 9.17) is 28.6 Å². The van der Waals surface area contributed by atoms with Gasteiger partial charge in [-0.05, 0) is 35.9 Å². The van der Waals surface area contributed by atoms with Gasteiger partial charge in [0.1, 0.15) is 54.7 Å². The van der Waals surface area contributed by atoms with Gasteiger partial charge in [-0.25, -0.2) is 0 Å². The Morgan fingerprint density at radius 3 is 2.64 bits per heavy atom. The lowest BCUT2D eigenvalue weighted by molar-refractivity contribution is -0.326. The third-order valence-corrected chi connectivity index (χ3v) is 7.19. The third kappa shape index (κ3) is 5.91. The lowest BCUT2D eigenvalue weighted by Gasteiger charge is -2.42. The van der Waals surface area contributed by atoms with Gasteiger partial charge < -0.3 is 39.1 Å². The van der Waals surface area contributed by atoms with E-state index in [1.807, 2.05) is 6.08 Å². The Morgan fingerprint density at radius 1 is 1.09 bits per heavy atom. The summed E-state index contributed by atoms with van der Waals surface area (Å²) in [5, 5.41) is 41.9. The first-order chi connectivity index (χ1) is 21.2. The Kier molecular flexibility index (Phi) is 7.88. The van der Waals surface area contributed by atoms with Crippen molar-refractivity contribution in [2.45, 2.75) is 37.1 Å². The topological polar surface area (TPSA) is 198 Å². The fourth-order valence-electron chi connectivity index (χ4n) is 4.96. The van der Waals surface area contributed by atoms with E-state index in [2.05, 4.69) is 4.99 Å². The number of hydrogen-bond donors (Lipinski definition) is 4. The van der Waals surface area contributed by atoms with Crippen molar-refractivity contribution in [1.29, 1.82) is 0 Å². The molecule has 228 valence electrons. The number of aliphatic hydroxyl groups excluding tert-OH is 2. The Morgan fingerprint density at radius 2 is 1.89 bits per heavy atom. The highest BCUT2D eigenvalue weighted by Gasteiger charge is 2.48. The molecule has 6 rings (SSSR count). The molecule has 0 aliphatic carbocycles. The van der Waals surface area contributed by atoms with Gasteiger partial charge in [0.25, 0.3) is 0 Å². The summed E-state index contributed by atoms with van der Waals surface area (Å²) >= 11 is 0. The van der Waals surface area contributed by atoms with Crippen LogP contribution in [0.4, 0.5) is 0 Å². The Hall–Kier alpha value is -5.02. The second-order valence-corrected chi connectivity index (χ2v) is 10.2. The van der Waals surface area contributed by atoms with Crippen molar-refractivity contribution in [1.82, 2.24) is 5.06 Å². The molecular formula is C30H26N2O12. The summed E-state index contributed by atoms with van der Waals surface area (Å²) in [5.74, 6) is -2.23. The maximum absolute atomic E-state index is 13.2. The molecule has 0 radical (unpaired) electrons.